The van der Waals surface area contributed by atoms with Crippen molar-refractivity contribution in [3.63, 3.8) is 0 Å². The number of hydrogen-bond donors (Lipinski definition) is 1. The lowest BCUT2D eigenvalue weighted by Gasteiger charge is -2.30. The molecule has 1 saturated heterocycles. The van der Waals surface area contributed by atoms with Crippen molar-refractivity contribution in [2.45, 2.75) is 44.7 Å². The molecular formula is C14H21N5O2S. The molecule has 0 aromatic carbocycles. The van der Waals surface area contributed by atoms with Crippen LogP contribution in [0.15, 0.2) is 5.51 Å². The van der Waals surface area contributed by atoms with Gasteiger partial charge in [-0.05, 0) is 32.2 Å². The van der Waals surface area contributed by atoms with Gasteiger partial charge in [0.2, 0.25) is 16.9 Å². The fourth-order valence-corrected chi connectivity index (χ4v) is 3.49. The molecule has 0 unspecified atom stereocenters. The Morgan fingerprint density at radius 3 is 2.91 bits per heavy atom. The molecule has 120 valence electrons. The fraction of sp³-hybridized carbons (Fsp3) is 0.714. The lowest BCUT2D eigenvalue weighted by molar-refractivity contribution is -0.130. The zero-order valence-electron chi connectivity index (χ0n) is 12.7. The van der Waals surface area contributed by atoms with E-state index >= 15 is 0 Å². The SMILES string of the molecule is CC(=O)N(C[C@@H]1CCCN1CC(=O)Nc1nncs1)C1CC1. The summed E-state index contributed by atoms with van der Waals surface area (Å²) in [5, 5.41) is 10.8. The van der Waals surface area contributed by atoms with Crippen LogP contribution in [0, 0.1) is 0 Å². The molecule has 3 rings (SSSR count). The molecule has 0 bridgehead atoms. The Balaban J connectivity index is 1.53. The number of likely N-dealkylation sites (tertiary alicyclic amines) is 1. The third kappa shape index (κ3) is 3.80. The second kappa shape index (κ2) is 6.70. The van der Waals surface area contributed by atoms with Crippen LogP contribution in [0.2, 0.25) is 0 Å². The number of carbonyl (C=O) groups is 2. The number of rotatable bonds is 6. The highest BCUT2D eigenvalue weighted by atomic mass is 32.1. The summed E-state index contributed by atoms with van der Waals surface area (Å²) in [6.07, 6.45) is 4.35. The van der Waals surface area contributed by atoms with E-state index in [1.165, 1.54) is 11.3 Å². The minimum atomic E-state index is -0.0653. The van der Waals surface area contributed by atoms with Crippen molar-refractivity contribution in [3.05, 3.63) is 5.51 Å². The second-order valence-electron chi connectivity index (χ2n) is 5.96. The maximum Gasteiger partial charge on any atom is 0.240 e. The Labute approximate surface area is 133 Å². The summed E-state index contributed by atoms with van der Waals surface area (Å²) in [7, 11) is 0. The molecule has 1 aromatic heterocycles. The van der Waals surface area contributed by atoms with Crippen LogP contribution < -0.4 is 5.32 Å². The maximum absolute atomic E-state index is 12.1. The summed E-state index contributed by atoms with van der Waals surface area (Å²) >= 11 is 1.31. The Morgan fingerprint density at radius 2 is 2.27 bits per heavy atom. The van der Waals surface area contributed by atoms with E-state index in [1.807, 2.05) is 4.90 Å². The molecule has 2 amide bonds. The van der Waals surface area contributed by atoms with Gasteiger partial charge in [-0.3, -0.25) is 19.8 Å². The predicted molar refractivity (Wildman–Crippen MR) is 83.5 cm³/mol. The number of carbonyl (C=O) groups excluding carboxylic acids is 2. The van der Waals surface area contributed by atoms with Gasteiger partial charge in [0.25, 0.3) is 0 Å². The molecule has 1 aliphatic heterocycles. The number of hydrogen-bond acceptors (Lipinski definition) is 6. The molecule has 2 heterocycles. The van der Waals surface area contributed by atoms with Crippen molar-refractivity contribution < 1.29 is 9.59 Å². The lowest BCUT2D eigenvalue weighted by atomic mass is 10.2. The minimum Gasteiger partial charge on any atom is -0.338 e. The summed E-state index contributed by atoms with van der Waals surface area (Å²) in [6, 6.07) is 0.708. The standard InChI is InChI=1S/C14H21N5O2S/c1-10(20)19(11-4-5-11)7-12-3-2-6-18(12)8-13(21)16-14-17-15-9-22-14/h9,11-12H,2-8H2,1H3,(H,16,17,21)/t12-/m0/s1. The molecule has 2 fully saturated rings. The predicted octanol–water partition coefficient (Wildman–Crippen LogP) is 0.952. The summed E-state index contributed by atoms with van der Waals surface area (Å²) in [5.74, 6) is 0.0807. The first kappa shape index (κ1) is 15.4. The molecule has 8 heteroatoms. The molecule has 0 radical (unpaired) electrons. The number of anilines is 1. The highest BCUT2D eigenvalue weighted by Gasteiger charge is 2.35. The quantitative estimate of drug-likeness (QED) is 0.843. The van der Waals surface area contributed by atoms with Gasteiger partial charge in [0.15, 0.2) is 0 Å². The summed E-state index contributed by atoms with van der Waals surface area (Å²) in [6.45, 7) is 3.64. The number of aromatic nitrogens is 2. The van der Waals surface area contributed by atoms with E-state index in [0.29, 0.717) is 17.7 Å². The van der Waals surface area contributed by atoms with E-state index in [2.05, 4.69) is 20.4 Å². The van der Waals surface area contributed by atoms with Crippen molar-refractivity contribution in [3.8, 4) is 0 Å². The van der Waals surface area contributed by atoms with Gasteiger partial charge < -0.3 is 4.90 Å². The average Bonchev–Trinajstić information content (AvgIpc) is 3.00. The zero-order chi connectivity index (χ0) is 15.5. The molecule has 7 nitrogen and oxygen atoms in total. The first-order chi connectivity index (χ1) is 10.6. The van der Waals surface area contributed by atoms with Gasteiger partial charge >= 0.3 is 0 Å². The van der Waals surface area contributed by atoms with Crippen LogP contribution in [-0.4, -0.2) is 63.5 Å². The number of nitrogens with zero attached hydrogens (tertiary/aromatic N) is 4. The molecule has 1 saturated carbocycles. The molecule has 2 aliphatic rings. The Morgan fingerprint density at radius 1 is 1.45 bits per heavy atom. The van der Waals surface area contributed by atoms with Gasteiger partial charge in [-0.2, -0.15) is 0 Å². The highest BCUT2D eigenvalue weighted by Crippen LogP contribution is 2.29. The lowest BCUT2D eigenvalue weighted by Crippen LogP contribution is -2.45. The Hall–Kier alpha value is -1.54. The summed E-state index contributed by atoms with van der Waals surface area (Å²) in [4.78, 5) is 28.0. The number of nitrogens with one attached hydrogen (secondary N) is 1. The topological polar surface area (TPSA) is 78.4 Å². The van der Waals surface area contributed by atoms with E-state index in [4.69, 9.17) is 0 Å². The van der Waals surface area contributed by atoms with E-state index < -0.39 is 0 Å². The van der Waals surface area contributed by atoms with Crippen LogP contribution in [0.4, 0.5) is 5.13 Å². The largest absolute Gasteiger partial charge is 0.338 e. The molecule has 1 aliphatic carbocycles. The summed E-state index contributed by atoms with van der Waals surface area (Å²) < 4.78 is 0. The van der Waals surface area contributed by atoms with Crippen molar-refractivity contribution in [2.24, 2.45) is 0 Å². The van der Waals surface area contributed by atoms with Crippen molar-refractivity contribution in [2.75, 3.05) is 25.0 Å². The third-order valence-corrected chi connectivity index (χ3v) is 4.86. The van der Waals surface area contributed by atoms with E-state index in [9.17, 15) is 9.59 Å². The normalized spacial score (nSPS) is 21.8. The van der Waals surface area contributed by atoms with E-state index in [-0.39, 0.29) is 17.9 Å². The molecule has 1 atom stereocenters. The number of amides is 2. The fourth-order valence-electron chi connectivity index (χ4n) is 3.03. The first-order valence-electron chi connectivity index (χ1n) is 7.71. The van der Waals surface area contributed by atoms with Gasteiger partial charge in [-0.15, -0.1) is 10.2 Å². The third-order valence-electron chi connectivity index (χ3n) is 4.25. The molecule has 1 aromatic rings. The van der Waals surface area contributed by atoms with Crippen LogP contribution in [0.5, 0.6) is 0 Å². The average molecular weight is 323 g/mol. The monoisotopic (exact) mass is 323 g/mol. The Kier molecular flexibility index (Phi) is 4.68. The summed E-state index contributed by atoms with van der Waals surface area (Å²) in [5.41, 5.74) is 1.59. The minimum absolute atomic E-state index is 0.0653. The van der Waals surface area contributed by atoms with Crippen molar-refractivity contribution in [1.29, 1.82) is 0 Å². The first-order valence-corrected chi connectivity index (χ1v) is 8.58. The smallest absolute Gasteiger partial charge is 0.240 e. The van der Waals surface area contributed by atoms with Gasteiger partial charge in [-0.1, -0.05) is 11.3 Å². The second-order valence-corrected chi connectivity index (χ2v) is 6.79. The van der Waals surface area contributed by atoms with Crippen LogP contribution >= 0.6 is 11.3 Å². The van der Waals surface area contributed by atoms with Crippen molar-refractivity contribution in [1.82, 2.24) is 20.0 Å². The van der Waals surface area contributed by atoms with Crippen molar-refractivity contribution >= 4 is 28.3 Å². The zero-order valence-corrected chi connectivity index (χ0v) is 13.5. The van der Waals surface area contributed by atoms with Crippen LogP contribution in [0.3, 0.4) is 0 Å². The van der Waals surface area contributed by atoms with Gasteiger partial charge in [0.1, 0.15) is 5.51 Å². The van der Waals surface area contributed by atoms with Gasteiger partial charge in [0, 0.05) is 25.6 Å². The van der Waals surface area contributed by atoms with E-state index in [0.717, 1.165) is 38.8 Å². The molecule has 1 N–H and O–H groups in total. The highest BCUT2D eigenvalue weighted by molar-refractivity contribution is 7.13. The van der Waals surface area contributed by atoms with E-state index in [1.54, 1.807) is 12.4 Å². The van der Waals surface area contributed by atoms with Gasteiger partial charge in [-0.25, -0.2) is 0 Å². The molecule has 0 spiro atoms. The molecule has 22 heavy (non-hydrogen) atoms. The Bertz CT molecular complexity index is 531. The van der Waals surface area contributed by atoms with Gasteiger partial charge in [0.05, 0.1) is 6.54 Å². The van der Waals surface area contributed by atoms with Crippen LogP contribution in [0.25, 0.3) is 0 Å². The maximum atomic E-state index is 12.1. The van der Waals surface area contributed by atoms with Crippen LogP contribution in [0.1, 0.15) is 32.6 Å². The van der Waals surface area contributed by atoms with Crippen LogP contribution in [-0.2, 0) is 9.59 Å². The molecular weight excluding hydrogens is 302 g/mol.